The molecule has 4 aromatic carbocycles. The molecule has 2 amide bonds. The number of benzene rings is 4. The third kappa shape index (κ3) is 7.52. The Hall–Kier alpha value is -5.15. The van der Waals surface area contributed by atoms with Gasteiger partial charge in [-0.2, -0.15) is 10.2 Å². The van der Waals surface area contributed by atoms with Gasteiger partial charge in [0, 0.05) is 5.02 Å². The predicted octanol–water partition coefficient (Wildman–Crippen LogP) is 6.58. The fourth-order valence-electron chi connectivity index (χ4n) is 4.11. The van der Waals surface area contributed by atoms with Crippen LogP contribution in [0.3, 0.4) is 0 Å². The molecule has 0 unspecified atom stereocenters. The molecule has 0 atom stereocenters. The number of para-hydroxylation sites is 1. The van der Waals surface area contributed by atoms with Crippen LogP contribution < -0.4 is 16.2 Å². The molecular formula is C32H30ClN5O4. The normalized spacial score (nSPS) is 11.6. The van der Waals surface area contributed by atoms with Gasteiger partial charge in [-0.15, -0.1) is 0 Å². The first-order valence-electron chi connectivity index (χ1n) is 13.3. The second-order valence-corrected chi connectivity index (χ2v) is 9.60. The Morgan fingerprint density at radius 3 is 1.64 bits per heavy atom. The van der Waals surface area contributed by atoms with Crippen LogP contribution in [0.5, 0.6) is 11.5 Å². The Morgan fingerprint density at radius 2 is 1.14 bits per heavy atom. The first-order valence-corrected chi connectivity index (χ1v) is 13.6. The number of carbonyl (C=O) groups excluding carboxylic acids is 2. The molecule has 214 valence electrons. The highest BCUT2D eigenvalue weighted by atomic mass is 35.5. The minimum atomic E-state index is -0.480. The highest BCUT2D eigenvalue weighted by Gasteiger charge is 2.16. The fourth-order valence-corrected chi connectivity index (χ4v) is 4.29. The maximum Gasteiger partial charge on any atom is 0.273 e. The summed E-state index contributed by atoms with van der Waals surface area (Å²) in [5.41, 5.74) is 9.39. The summed E-state index contributed by atoms with van der Waals surface area (Å²) in [7, 11) is 0. The quantitative estimate of drug-likeness (QED) is 0.106. The minimum Gasteiger partial charge on any atom is -0.508 e. The molecule has 0 aliphatic heterocycles. The smallest absolute Gasteiger partial charge is 0.273 e. The zero-order chi connectivity index (χ0) is 30.1. The van der Waals surface area contributed by atoms with Crippen molar-refractivity contribution >= 4 is 46.2 Å². The molecule has 0 saturated heterocycles. The summed E-state index contributed by atoms with van der Waals surface area (Å²) in [6.45, 7) is 3.82. The van der Waals surface area contributed by atoms with Crippen LogP contribution in [0.4, 0.5) is 11.4 Å². The van der Waals surface area contributed by atoms with Gasteiger partial charge in [-0.3, -0.25) is 9.59 Å². The molecule has 0 radical (unpaired) electrons. The molecule has 4 rings (SSSR count). The summed E-state index contributed by atoms with van der Waals surface area (Å²) >= 11 is 6.27. The molecule has 0 heterocycles. The number of aromatic hydroxyl groups is 2. The summed E-state index contributed by atoms with van der Waals surface area (Å²) in [6, 6.07) is 24.7. The van der Waals surface area contributed by atoms with Gasteiger partial charge in [0.05, 0.1) is 33.9 Å². The van der Waals surface area contributed by atoms with Crippen LogP contribution >= 0.6 is 11.6 Å². The number of hydrazone groups is 2. The van der Waals surface area contributed by atoms with Gasteiger partial charge in [-0.25, -0.2) is 10.9 Å². The van der Waals surface area contributed by atoms with Crippen molar-refractivity contribution in [1.29, 1.82) is 0 Å². The van der Waals surface area contributed by atoms with Gasteiger partial charge < -0.3 is 15.5 Å². The number of nitrogens with one attached hydrogen (secondary N) is 3. The molecule has 42 heavy (non-hydrogen) atoms. The summed E-state index contributed by atoms with van der Waals surface area (Å²) in [6.07, 6.45) is 1.11. The molecule has 9 nitrogen and oxygen atoms in total. The van der Waals surface area contributed by atoms with Crippen molar-refractivity contribution in [3.8, 4) is 11.5 Å². The van der Waals surface area contributed by atoms with Crippen molar-refractivity contribution in [2.24, 2.45) is 10.2 Å². The number of hydrogen-bond acceptors (Lipinski definition) is 7. The average molecular weight is 584 g/mol. The number of anilines is 2. The van der Waals surface area contributed by atoms with Crippen LogP contribution in [-0.2, 0) is 0 Å². The Kier molecular flexibility index (Phi) is 9.91. The van der Waals surface area contributed by atoms with Crippen molar-refractivity contribution in [2.45, 2.75) is 26.7 Å². The summed E-state index contributed by atoms with van der Waals surface area (Å²) < 4.78 is 0. The minimum absolute atomic E-state index is 0.138. The van der Waals surface area contributed by atoms with E-state index in [4.69, 9.17) is 11.6 Å². The van der Waals surface area contributed by atoms with Crippen molar-refractivity contribution < 1.29 is 19.8 Å². The Labute approximate surface area is 248 Å². The number of halogens is 1. The van der Waals surface area contributed by atoms with E-state index >= 15 is 0 Å². The summed E-state index contributed by atoms with van der Waals surface area (Å²) in [4.78, 5) is 26.4. The van der Waals surface area contributed by atoms with E-state index in [1.165, 1.54) is 0 Å². The molecule has 0 spiro atoms. The Bertz CT molecular complexity index is 1630. The van der Waals surface area contributed by atoms with Crippen molar-refractivity contribution in [2.75, 3.05) is 5.32 Å². The SMILES string of the molecule is CC/C(=N\NC(=O)c1ccccc1Nc1cc(Cl)ccc1C(=O)N/N=C(\CC)c1ccc(O)cc1)c1ccc(O)cc1. The lowest BCUT2D eigenvalue weighted by molar-refractivity contribution is 0.0948. The van der Waals surface area contributed by atoms with Gasteiger partial charge in [-0.05, 0) is 103 Å². The first kappa shape index (κ1) is 29.8. The molecule has 0 aliphatic rings. The van der Waals surface area contributed by atoms with Gasteiger partial charge in [0.15, 0.2) is 0 Å². The van der Waals surface area contributed by atoms with E-state index in [0.717, 1.165) is 11.1 Å². The lowest BCUT2D eigenvalue weighted by Crippen LogP contribution is -2.22. The number of nitrogens with zero attached hydrogens (tertiary/aromatic N) is 2. The maximum absolute atomic E-state index is 13.2. The lowest BCUT2D eigenvalue weighted by Gasteiger charge is -2.15. The van der Waals surface area contributed by atoms with Gasteiger partial charge in [0.2, 0.25) is 0 Å². The number of rotatable bonds is 10. The molecule has 0 aliphatic carbocycles. The summed E-state index contributed by atoms with van der Waals surface area (Å²) in [5, 5.41) is 31.3. The monoisotopic (exact) mass is 583 g/mol. The lowest BCUT2D eigenvalue weighted by atomic mass is 10.1. The van der Waals surface area contributed by atoms with Crippen molar-refractivity contribution in [3.05, 3.63) is 118 Å². The molecule has 0 aromatic heterocycles. The van der Waals surface area contributed by atoms with E-state index in [0.29, 0.717) is 46.2 Å². The van der Waals surface area contributed by atoms with E-state index in [1.54, 1.807) is 91.0 Å². The molecule has 4 aromatic rings. The van der Waals surface area contributed by atoms with Crippen LogP contribution in [-0.4, -0.2) is 33.5 Å². The highest BCUT2D eigenvalue weighted by Crippen LogP contribution is 2.27. The second-order valence-electron chi connectivity index (χ2n) is 9.16. The highest BCUT2D eigenvalue weighted by molar-refractivity contribution is 6.31. The van der Waals surface area contributed by atoms with Gasteiger partial charge in [-0.1, -0.05) is 37.6 Å². The van der Waals surface area contributed by atoms with Gasteiger partial charge in [0.1, 0.15) is 11.5 Å². The summed E-state index contributed by atoms with van der Waals surface area (Å²) in [5.74, 6) is -0.657. The average Bonchev–Trinajstić information content (AvgIpc) is 2.99. The molecule has 0 bridgehead atoms. The van der Waals surface area contributed by atoms with Crippen LogP contribution in [0.25, 0.3) is 0 Å². The number of phenolic OH excluding ortho intramolecular Hbond substituents is 2. The van der Waals surface area contributed by atoms with E-state index in [2.05, 4.69) is 26.4 Å². The zero-order valence-corrected chi connectivity index (χ0v) is 23.8. The number of amides is 2. The topological polar surface area (TPSA) is 135 Å². The van der Waals surface area contributed by atoms with Gasteiger partial charge >= 0.3 is 0 Å². The zero-order valence-electron chi connectivity index (χ0n) is 23.1. The van der Waals surface area contributed by atoms with Gasteiger partial charge in [0.25, 0.3) is 11.8 Å². The van der Waals surface area contributed by atoms with Crippen molar-refractivity contribution in [3.63, 3.8) is 0 Å². The van der Waals surface area contributed by atoms with Crippen LogP contribution in [0.1, 0.15) is 58.5 Å². The number of hydrogen-bond donors (Lipinski definition) is 5. The van der Waals surface area contributed by atoms with Crippen LogP contribution in [0.15, 0.2) is 101 Å². The number of carbonyl (C=O) groups is 2. The third-order valence-electron chi connectivity index (χ3n) is 6.32. The molecular weight excluding hydrogens is 554 g/mol. The first-order chi connectivity index (χ1) is 20.3. The predicted molar refractivity (Wildman–Crippen MR) is 166 cm³/mol. The maximum atomic E-state index is 13.2. The molecule has 5 N–H and O–H groups in total. The fraction of sp³-hybridized carbons (Fsp3) is 0.125. The van der Waals surface area contributed by atoms with E-state index < -0.39 is 11.8 Å². The Morgan fingerprint density at radius 1 is 0.667 bits per heavy atom. The van der Waals surface area contributed by atoms with E-state index in [9.17, 15) is 19.8 Å². The Balaban J connectivity index is 1.56. The molecule has 0 saturated carbocycles. The molecule has 0 fully saturated rings. The van der Waals surface area contributed by atoms with Crippen LogP contribution in [0.2, 0.25) is 5.02 Å². The standard InChI is InChI=1S/C32H30ClN5O4/c1-3-27(20-9-14-23(39)15-10-20)35-37-31(41)25-7-5-6-8-29(25)34-30-19-22(33)13-18-26(30)32(42)38-36-28(4-2)21-11-16-24(40)17-12-21/h5-19,34,39-40H,3-4H2,1-2H3,(H,37,41)(H,38,42)/b35-27+,36-28+. The second kappa shape index (κ2) is 14.0. The molecule has 10 heteroatoms. The van der Waals surface area contributed by atoms with E-state index in [-0.39, 0.29) is 17.1 Å². The van der Waals surface area contributed by atoms with Crippen molar-refractivity contribution in [1.82, 2.24) is 10.9 Å². The van der Waals surface area contributed by atoms with E-state index in [1.807, 2.05) is 13.8 Å². The number of phenols is 2. The van der Waals surface area contributed by atoms with Crippen LogP contribution in [0, 0.1) is 0 Å². The largest absolute Gasteiger partial charge is 0.508 e. The third-order valence-corrected chi connectivity index (χ3v) is 6.56.